The highest BCUT2D eigenvalue weighted by molar-refractivity contribution is 7.92. The molecule has 0 saturated carbocycles. The number of fused-ring (bicyclic) bond motifs is 1. The lowest BCUT2D eigenvalue weighted by molar-refractivity contribution is -0.000450. The number of rotatable bonds is 7. The lowest BCUT2D eigenvalue weighted by Crippen LogP contribution is -2.47. The number of anilines is 1. The fraction of sp³-hybridized carbons (Fsp3) is 0.615. The number of ether oxygens (including phenoxy) is 2. The first-order chi connectivity index (χ1) is 18.1. The highest BCUT2D eigenvalue weighted by Gasteiger charge is 2.30. The summed E-state index contributed by atoms with van der Waals surface area (Å²) >= 11 is 0. The molecule has 12 heteroatoms. The molecule has 1 aromatic carbocycles. The number of aryl methyl sites for hydroxylation is 1. The first-order valence-corrected chi connectivity index (χ1v) is 14.5. The van der Waals surface area contributed by atoms with Crippen molar-refractivity contribution in [1.82, 2.24) is 19.8 Å². The minimum absolute atomic E-state index is 0.0301. The Labute approximate surface area is 225 Å². The molecule has 212 valence electrons. The number of imidazole rings is 1. The summed E-state index contributed by atoms with van der Waals surface area (Å²) in [4.78, 5) is 19.5. The van der Waals surface area contributed by atoms with E-state index in [0.29, 0.717) is 25.4 Å². The van der Waals surface area contributed by atoms with Crippen LogP contribution in [0.2, 0.25) is 0 Å². The number of carbonyl (C=O) groups is 1. The Morgan fingerprint density at radius 2 is 2.03 bits per heavy atom. The summed E-state index contributed by atoms with van der Waals surface area (Å²) in [6.07, 6.45) is 5.07. The second kappa shape index (κ2) is 13.4. The average Bonchev–Trinajstić information content (AvgIpc) is 3.33. The van der Waals surface area contributed by atoms with E-state index < -0.39 is 16.1 Å². The quantitative estimate of drug-likeness (QED) is 0.477. The van der Waals surface area contributed by atoms with E-state index in [1.54, 1.807) is 31.0 Å². The molecule has 0 bridgehead atoms. The normalized spacial score (nSPS) is 22.7. The van der Waals surface area contributed by atoms with Crippen LogP contribution in [-0.4, -0.2) is 85.5 Å². The van der Waals surface area contributed by atoms with Gasteiger partial charge in [0, 0.05) is 44.5 Å². The van der Waals surface area contributed by atoms with Crippen LogP contribution in [0.15, 0.2) is 35.7 Å². The molecule has 1 aliphatic rings. The molecule has 38 heavy (non-hydrogen) atoms. The molecule has 3 rings (SSSR count). The molecule has 1 aromatic heterocycles. The van der Waals surface area contributed by atoms with Crippen molar-refractivity contribution in [3.8, 4) is 5.75 Å². The van der Waals surface area contributed by atoms with Gasteiger partial charge in [-0.15, -0.1) is 0 Å². The van der Waals surface area contributed by atoms with Crippen molar-refractivity contribution < 1.29 is 27.8 Å². The summed E-state index contributed by atoms with van der Waals surface area (Å²) in [6, 6.07) is 4.19. The van der Waals surface area contributed by atoms with Crippen molar-refractivity contribution in [2.75, 3.05) is 38.1 Å². The van der Waals surface area contributed by atoms with Crippen molar-refractivity contribution in [2.24, 2.45) is 13.0 Å². The van der Waals surface area contributed by atoms with Crippen LogP contribution in [0.3, 0.4) is 0 Å². The number of benzene rings is 1. The van der Waals surface area contributed by atoms with E-state index in [0.717, 1.165) is 19.3 Å². The zero-order valence-corrected chi connectivity index (χ0v) is 23.7. The molecular formula is C26H41N5O6S. The Balaban J connectivity index is 2.02. The first kappa shape index (κ1) is 29.9. The van der Waals surface area contributed by atoms with Crippen molar-refractivity contribution in [3.05, 3.63) is 36.3 Å². The zero-order chi connectivity index (χ0) is 27.9. The van der Waals surface area contributed by atoms with Gasteiger partial charge in [0.2, 0.25) is 0 Å². The van der Waals surface area contributed by atoms with E-state index in [4.69, 9.17) is 9.47 Å². The number of hydrogen-bond donors (Lipinski definition) is 3. The third kappa shape index (κ3) is 7.68. The third-order valence-electron chi connectivity index (χ3n) is 6.67. The summed E-state index contributed by atoms with van der Waals surface area (Å²) in [5.41, 5.74) is 0.426. The Kier molecular flexibility index (Phi) is 10.5. The molecule has 1 amide bonds. The Hall–Kier alpha value is -2.67. The maximum Gasteiger partial charge on any atom is 0.280 e. The molecule has 3 N–H and O–H groups in total. The number of likely N-dealkylation sites (N-methyl/N-ethyl adjacent to an activating group) is 1. The molecule has 11 nitrogen and oxygen atoms in total. The van der Waals surface area contributed by atoms with Crippen LogP contribution in [-0.2, 0) is 21.8 Å². The van der Waals surface area contributed by atoms with E-state index >= 15 is 0 Å². The smallest absolute Gasteiger partial charge is 0.280 e. The third-order valence-corrected chi connectivity index (χ3v) is 7.93. The van der Waals surface area contributed by atoms with Crippen molar-refractivity contribution >= 4 is 21.6 Å². The van der Waals surface area contributed by atoms with Gasteiger partial charge in [-0.25, -0.2) is 4.98 Å². The maximum absolute atomic E-state index is 14.0. The lowest BCUT2D eigenvalue weighted by Gasteiger charge is -2.34. The lowest BCUT2D eigenvalue weighted by atomic mass is 10.0. The Morgan fingerprint density at radius 1 is 1.26 bits per heavy atom. The van der Waals surface area contributed by atoms with Crippen LogP contribution in [0.25, 0.3) is 0 Å². The number of amides is 1. The van der Waals surface area contributed by atoms with Crippen LogP contribution in [0, 0.1) is 5.92 Å². The van der Waals surface area contributed by atoms with Gasteiger partial charge >= 0.3 is 0 Å². The Morgan fingerprint density at radius 3 is 2.68 bits per heavy atom. The molecule has 1 aliphatic heterocycles. The second-order valence-electron chi connectivity index (χ2n) is 10.1. The summed E-state index contributed by atoms with van der Waals surface area (Å²) in [6.45, 7) is 7.10. The fourth-order valence-electron chi connectivity index (χ4n) is 4.41. The topological polar surface area (TPSA) is 135 Å². The summed E-state index contributed by atoms with van der Waals surface area (Å²) < 4.78 is 42.2. The number of hydrogen-bond acceptors (Lipinski definition) is 8. The minimum atomic E-state index is -3.96. The number of carbonyl (C=O) groups excluding carboxylic acids is 1. The maximum atomic E-state index is 14.0. The molecule has 0 spiro atoms. The monoisotopic (exact) mass is 551 g/mol. The predicted octanol–water partition coefficient (Wildman–Crippen LogP) is 2.24. The number of aromatic nitrogens is 2. The minimum Gasteiger partial charge on any atom is -0.490 e. The summed E-state index contributed by atoms with van der Waals surface area (Å²) in [5, 5.41) is 13.0. The van der Waals surface area contributed by atoms with E-state index in [2.05, 4.69) is 15.0 Å². The van der Waals surface area contributed by atoms with Gasteiger partial charge < -0.3 is 29.4 Å². The molecule has 0 aliphatic carbocycles. The van der Waals surface area contributed by atoms with E-state index in [1.807, 2.05) is 20.9 Å². The van der Waals surface area contributed by atoms with E-state index in [1.165, 1.54) is 23.2 Å². The van der Waals surface area contributed by atoms with Crippen molar-refractivity contribution in [2.45, 2.75) is 63.3 Å². The van der Waals surface area contributed by atoms with Crippen LogP contribution in [0.4, 0.5) is 5.69 Å². The highest BCUT2D eigenvalue weighted by Crippen LogP contribution is 2.29. The van der Waals surface area contributed by atoms with E-state index in [9.17, 15) is 18.3 Å². The largest absolute Gasteiger partial charge is 0.490 e. The van der Waals surface area contributed by atoms with Crippen molar-refractivity contribution in [3.63, 3.8) is 0 Å². The number of aliphatic hydroxyl groups is 1. The molecule has 2 heterocycles. The number of nitrogens with one attached hydrogen (secondary N) is 2. The molecule has 0 unspecified atom stereocenters. The zero-order valence-electron chi connectivity index (χ0n) is 22.9. The van der Waals surface area contributed by atoms with Gasteiger partial charge in [-0.1, -0.05) is 6.92 Å². The number of sulfonamides is 1. The summed E-state index contributed by atoms with van der Waals surface area (Å²) in [5.74, 6) is -0.0246. The van der Waals surface area contributed by atoms with Gasteiger partial charge in [0.15, 0.2) is 5.03 Å². The SMILES string of the molecule is CNC[C@@H]1OCCCC[C@H](C)Oc2ccc(NS(=O)(=O)c3cn(C)cn3)cc2C(=O)N([C@@H](C)CO)C[C@H]1C. The molecule has 0 saturated heterocycles. The number of nitrogens with zero attached hydrogens (tertiary/aromatic N) is 3. The van der Waals surface area contributed by atoms with Crippen LogP contribution < -0.4 is 14.8 Å². The van der Waals surface area contributed by atoms with Crippen LogP contribution in [0.1, 0.15) is 50.4 Å². The van der Waals surface area contributed by atoms with Crippen LogP contribution in [0.5, 0.6) is 5.75 Å². The fourth-order valence-corrected chi connectivity index (χ4v) is 5.45. The standard InChI is InChI=1S/C26H41N5O6S/c1-18-14-31(19(2)16-32)26(33)22-12-21(29-38(34,35)25-15-30(5)17-28-25)9-10-23(22)37-20(3)8-6-7-11-36-24(18)13-27-4/h9-10,12,15,17-20,24,27,29,32H,6-8,11,13-14,16H2,1-5H3/t18-,19+,20+,24+/m1/s1. The van der Waals surface area contributed by atoms with Gasteiger partial charge in [-0.3, -0.25) is 9.52 Å². The van der Waals surface area contributed by atoms with Crippen LogP contribution >= 0.6 is 0 Å². The molecule has 0 fully saturated rings. The average molecular weight is 552 g/mol. The van der Waals surface area contributed by atoms with Gasteiger partial charge in [0.1, 0.15) is 5.75 Å². The second-order valence-corrected chi connectivity index (χ2v) is 11.7. The number of aliphatic hydroxyl groups excluding tert-OH is 1. The highest BCUT2D eigenvalue weighted by atomic mass is 32.2. The van der Waals surface area contributed by atoms with Gasteiger partial charge in [-0.05, 0) is 58.4 Å². The molecule has 2 aromatic rings. The Bertz CT molecular complexity index is 1170. The van der Waals surface area contributed by atoms with Crippen molar-refractivity contribution in [1.29, 1.82) is 0 Å². The molecule has 4 atom stereocenters. The van der Waals surface area contributed by atoms with Gasteiger partial charge in [-0.2, -0.15) is 8.42 Å². The summed E-state index contributed by atoms with van der Waals surface area (Å²) in [7, 11) is -0.420. The molecule has 0 radical (unpaired) electrons. The predicted molar refractivity (Wildman–Crippen MR) is 145 cm³/mol. The van der Waals surface area contributed by atoms with Gasteiger partial charge in [0.05, 0.1) is 36.7 Å². The van der Waals surface area contributed by atoms with Gasteiger partial charge in [0.25, 0.3) is 15.9 Å². The first-order valence-electron chi connectivity index (χ1n) is 13.0. The van der Waals surface area contributed by atoms with E-state index in [-0.39, 0.29) is 46.9 Å². The molecular weight excluding hydrogens is 510 g/mol.